The zero-order valence-electron chi connectivity index (χ0n) is 16.6. The van der Waals surface area contributed by atoms with Crippen molar-refractivity contribution in [3.63, 3.8) is 0 Å². The third-order valence-electron chi connectivity index (χ3n) is 4.53. The summed E-state index contributed by atoms with van der Waals surface area (Å²) < 4.78 is 40.0. The molecule has 0 bridgehead atoms. The molecule has 0 fully saturated rings. The molecule has 156 valence electrons. The van der Waals surface area contributed by atoms with Gasteiger partial charge in [0.05, 0.1) is 24.0 Å². The summed E-state index contributed by atoms with van der Waals surface area (Å²) in [4.78, 5) is 12.1. The average Bonchev–Trinajstić information content (AvgIpc) is 3.13. The number of benzene rings is 2. The van der Waals surface area contributed by atoms with Gasteiger partial charge in [-0.25, -0.2) is 0 Å². The minimum atomic E-state index is -4.39. The van der Waals surface area contributed by atoms with Crippen LogP contribution in [0, 0.1) is 0 Å². The van der Waals surface area contributed by atoms with Gasteiger partial charge in [-0.2, -0.15) is 18.3 Å². The summed E-state index contributed by atoms with van der Waals surface area (Å²) in [7, 11) is 0. The van der Waals surface area contributed by atoms with E-state index in [-0.39, 0.29) is 12.5 Å². The molecule has 0 aliphatic heterocycles. The van der Waals surface area contributed by atoms with Gasteiger partial charge in [-0.1, -0.05) is 50.2 Å². The van der Waals surface area contributed by atoms with Crippen LogP contribution in [0.5, 0.6) is 0 Å². The lowest BCUT2D eigenvalue weighted by molar-refractivity contribution is -0.137. The summed E-state index contributed by atoms with van der Waals surface area (Å²) >= 11 is 0. The van der Waals surface area contributed by atoms with Crippen LogP contribution in [-0.4, -0.2) is 15.7 Å². The van der Waals surface area contributed by atoms with Crippen LogP contribution in [0.2, 0.25) is 0 Å². The number of hydrogen-bond acceptors (Lipinski definition) is 2. The first-order chi connectivity index (χ1) is 14.2. The second kappa shape index (κ2) is 8.98. The Balaban J connectivity index is 1.59. The summed E-state index contributed by atoms with van der Waals surface area (Å²) in [6.07, 6.45) is 1.78. The van der Waals surface area contributed by atoms with Gasteiger partial charge in [0.25, 0.3) is 0 Å². The van der Waals surface area contributed by atoms with Crippen LogP contribution in [0.1, 0.15) is 42.0 Å². The Morgan fingerprint density at radius 3 is 2.57 bits per heavy atom. The van der Waals surface area contributed by atoms with Crippen LogP contribution in [-0.2, 0) is 17.5 Å². The molecular weight excluding hydrogens is 391 g/mol. The molecule has 0 atom stereocenters. The van der Waals surface area contributed by atoms with Gasteiger partial charge in [-0.05, 0) is 40.8 Å². The molecule has 3 rings (SSSR count). The largest absolute Gasteiger partial charge is 0.416 e. The number of aromatic nitrogens is 2. The molecular formula is C23H22F3N3O. The maximum atomic E-state index is 12.8. The fraction of sp³-hybridized carbons (Fsp3) is 0.217. The lowest BCUT2D eigenvalue weighted by Crippen LogP contribution is -2.08. The lowest BCUT2D eigenvalue weighted by atomic mass is 10.0. The van der Waals surface area contributed by atoms with Gasteiger partial charge in [0.1, 0.15) is 0 Å². The number of nitrogens with zero attached hydrogens (tertiary/aromatic N) is 2. The quantitative estimate of drug-likeness (QED) is 0.525. The molecule has 2 aromatic carbocycles. The second-order valence-corrected chi connectivity index (χ2v) is 7.27. The van der Waals surface area contributed by atoms with Crippen LogP contribution in [0.25, 0.3) is 6.08 Å². The van der Waals surface area contributed by atoms with E-state index in [1.807, 2.05) is 24.3 Å². The van der Waals surface area contributed by atoms with E-state index in [2.05, 4.69) is 24.3 Å². The number of nitrogens with one attached hydrogen (secondary N) is 1. The average molecular weight is 413 g/mol. The van der Waals surface area contributed by atoms with Crippen molar-refractivity contribution in [2.45, 2.75) is 32.5 Å². The standard InChI is InChI=1S/C23H22F3N3O/c1-16(2)19-9-6-17(7-10-19)8-11-22(30)28-21-13-27-29(15-21)14-18-4-3-5-20(12-18)23(24,25)26/h3-13,15-16H,14H2,1-2H3,(H,28,30)/b11-8+. The van der Waals surface area contributed by atoms with Crippen molar-refractivity contribution < 1.29 is 18.0 Å². The summed E-state index contributed by atoms with van der Waals surface area (Å²) in [5.41, 5.74) is 2.37. The number of rotatable bonds is 6. The molecule has 3 aromatic rings. The van der Waals surface area contributed by atoms with Gasteiger partial charge in [0.15, 0.2) is 0 Å². The zero-order valence-corrected chi connectivity index (χ0v) is 16.6. The maximum absolute atomic E-state index is 12.8. The summed E-state index contributed by atoms with van der Waals surface area (Å²) in [5.74, 6) is 0.125. The van der Waals surface area contributed by atoms with Gasteiger partial charge in [-0.15, -0.1) is 0 Å². The highest BCUT2D eigenvalue weighted by atomic mass is 19.4. The monoisotopic (exact) mass is 413 g/mol. The molecule has 4 nitrogen and oxygen atoms in total. The van der Waals surface area contributed by atoms with Crippen molar-refractivity contribution in [3.05, 3.63) is 89.3 Å². The van der Waals surface area contributed by atoms with Crippen molar-refractivity contribution in [1.82, 2.24) is 9.78 Å². The molecule has 7 heteroatoms. The number of carbonyl (C=O) groups is 1. The van der Waals surface area contributed by atoms with E-state index in [9.17, 15) is 18.0 Å². The predicted octanol–water partition coefficient (Wildman–Crippen LogP) is 5.73. The van der Waals surface area contributed by atoms with Crippen LogP contribution in [0.15, 0.2) is 67.0 Å². The Morgan fingerprint density at radius 1 is 1.17 bits per heavy atom. The summed E-state index contributed by atoms with van der Waals surface area (Å²) in [6.45, 7) is 4.40. The van der Waals surface area contributed by atoms with E-state index in [0.717, 1.165) is 17.7 Å². The van der Waals surface area contributed by atoms with Gasteiger partial charge in [0.2, 0.25) is 5.91 Å². The van der Waals surface area contributed by atoms with Gasteiger partial charge < -0.3 is 5.32 Å². The number of alkyl halides is 3. The molecule has 0 saturated heterocycles. The number of halogens is 3. The molecule has 1 aromatic heterocycles. The van der Waals surface area contributed by atoms with Gasteiger partial charge >= 0.3 is 6.18 Å². The molecule has 1 N–H and O–H groups in total. The number of amides is 1. The Morgan fingerprint density at radius 2 is 1.90 bits per heavy atom. The third-order valence-corrected chi connectivity index (χ3v) is 4.53. The molecule has 30 heavy (non-hydrogen) atoms. The predicted molar refractivity (Wildman–Crippen MR) is 111 cm³/mol. The van der Waals surface area contributed by atoms with E-state index in [4.69, 9.17) is 0 Å². The van der Waals surface area contributed by atoms with Crippen molar-refractivity contribution in [2.75, 3.05) is 5.32 Å². The van der Waals surface area contributed by atoms with Gasteiger partial charge in [0, 0.05) is 12.3 Å². The molecule has 1 heterocycles. The summed E-state index contributed by atoms with van der Waals surface area (Å²) in [6, 6.07) is 13.0. The van der Waals surface area contributed by atoms with Crippen LogP contribution in [0.4, 0.5) is 18.9 Å². The Hall–Kier alpha value is -3.35. The first kappa shape index (κ1) is 21.4. The molecule has 1 amide bonds. The van der Waals surface area contributed by atoms with Gasteiger partial charge in [-0.3, -0.25) is 9.48 Å². The van der Waals surface area contributed by atoms with Crippen LogP contribution >= 0.6 is 0 Å². The Kier molecular flexibility index (Phi) is 6.40. The molecule has 0 saturated carbocycles. The second-order valence-electron chi connectivity index (χ2n) is 7.27. The smallest absolute Gasteiger partial charge is 0.320 e. The van der Waals surface area contributed by atoms with Crippen molar-refractivity contribution >= 4 is 17.7 Å². The fourth-order valence-corrected chi connectivity index (χ4v) is 2.90. The Labute approximate surface area is 173 Å². The highest BCUT2D eigenvalue weighted by Crippen LogP contribution is 2.29. The topological polar surface area (TPSA) is 46.9 Å². The van der Waals surface area contributed by atoms with E-state index < -0.39 is 11.7 Å². The van der Waals surface area contributed by atoms with E-state index in [1.165, 1.54) is 28.6 Å². The fourth-order valence-electron chi connectivity index (χ4n) is 2.90. The third kappa shape index (κ3) is 5.83. The molecule has 0 unspecified atom stereocenters. The summed E-state index contributed by atoms with van der Waals surface area (Å²) in [5, 5.41) is 6.79. The minimum Gasteiger partial charge on any atom is -0.320 e. The van der Waals surface area contributed by atoms with E-state index in [1.54, 1.807) is 18.3 Å². The first-order valence-electron chi connectivity index (χ1n) is 9.48. The van der Waals surface area contributed by atoms with Crippen molar-refractivity contribution in [3.8, 4) is 0 Å². The maximum Gasteiger partial charge on any atom is 0.416 e. The highest BCUT2D eigenvalue weighted by molar-refractivity contribution is 6.01. The number of hydrogen-bond donors (Lipinski definition) is 1. The van der Waals surface area contributed by atoms with E-state index >= 15 is 0 Å². The first-order valence-corrected chi connectivity index (χ1v) is 9.48. The van der Waals surface area contributed by atoms with Crippen molar-refractivity contribution in [2.24, 2.45) is 0 Å². The van der Waals surface area contributed by atoms with E-state index in [0.29, 0.717) is 17.2 Å². The number of anilines is 1. The molecule has 0 spiro atoms. The van der Waals surface area contributed by atoms with Crippen LogP contribution in [0.3, 0.4) is 0 Å². The minimum absolute atomic E-state index is 0.165. The lowest BCUT2D eigenvalue weighted by Gasteiger charge is -2.08. The molecule has 0 aliphatic rings. The molecule has 0 aliphatic carbocycles. The SMILES string of the molecule is CC(C)c1ccc(/C=C/C(=O)Nc2cnn(Cc3cccc(C(F)(F)F)c3)c2)cc1. The van der Waals surface area contributed by atoms with Crippen molar-refractivity contribution in [1.29, 1.82) is 0 Å². The highest BCUT2D eigenvalue weighted by Gasteiger charge is 2.30. The molecule has 0 radical (unpaired) electrons. The zero-order chi connectivity index (χ0) is 21.7. The number of carbonyl (C=O) groups excluding carboxylic acids is 1. The normalized spacial score (nSPS) is 11.9. The Bertz CT molecular complexity index is 1030. The van der Waals surface area contributed by atoms with Crippen LogP contribution < -0.4 is 5.32 Å².